The van der Waals surface area contributed by atoms with Crippen LogP contribution in [0.3, 0.4) is 0 Å². The lowest BCUT2D eigenvalue weighted by Gasteiger charge is -2.51. The third-order valence-electron chi connectivity index (χ3n) is 5.40. The topological polar surface area (TPSA) is 59.8 Å². The van der Waals surface area contributed by atoms with Crippen LogP contribution in [0, 0.1) is 12.3 Å². The van der Waals surface area contributed by atoms with Gasteiger partial charge in [0.15, 0.2) is 0 Å². The molecule has 2 heterocycles. The minimum Gasteiger partial charge on any atom is -0.497 e. The van der Waals surface area contributed by atoms with Gasteiger partial charge in [0.25, 0.3) is 0 Å². The molecule has 1 saturated heterocycles. The van der Waals surface area contributed by atoms with Gasteiger partial charge in [-0.1, -0.05) is 17.7 Å². The molecule has 0 N–H and O–H groups in total. The number of methoxy groups -OCH3 is 1. The molecule has 29 heavy (non-hydrogen) atoms. The van der Waals surface area contributed by atoms with Gasteiger partial charge in [0.2, 0.25) is 5.91 Å². The Kier molecular flexibility index (Phi) is 4.82. The number of amides is 1. The first kappa shape index (κ1) is 19.5. The van der Waals surface area contributed by atoms with Gasteiger partial charge in [-0.3, -0.25) is 4.79 Å². The van der Waals surface area contributed by atoms with Crippen LogP contribution in [0.1, 0.15) is 31.2 Å². The molecule has 1 amide bonds. The van der Waals surface area contributed by atoms with Crippen molar-refractivity contribution < 1.29 is 18.2 Å². The van der Waals surface area contributed by atoms with Gasteiger partial charge in [0, 0.05) is 10.6 Å². The Hall–Kier alpha value is -2.86. The van der Waals surface area contributed by atoms with Gasteiger partial charge in [0.1, 0.15) is 17.6 Å². The van der Waals surface area contributed by atoms with Gasteiger partial charge >= 0.3 is 0 Å². The molecule has 1 aliphatic rings. The lowest BCUT2D eigenvalue weighted by Crippen LogP contribution is -2.61. The molecule has 0 saturated carbocycles. The fourth-order valence-electron chi connectivity index (χ4n) is 3.71. The first-order valence-electron chi connectivity index (χ1n) is 9.38. The summed E-state index contributed by atoms with van der Waals surface area (Å²) in [5.74, 6) is 1.28. The van der Waals surface area contributed by atoms with E-state index in [0.29, 0.717) is 15.6 Å². The molecule has 4 rings (SSSR count). The van der Waals surface area contributed by atoms with E-state index in [9.17, 15) is 9.00 Å². The van der Waals surface area contributed by atoms with Crippen LogP contribution in [0.4, 0.5) is 5.69 Å². The molecular weight excluding hydrogens is 386 g/mol. The van der Waals surface area contributed by atoms with E-state index >= 15 is 0 Å². The van der Waals surface area contributed by atoms with Gasteiger partial charge in [-0.15, -0.1) is 0 Å². The molecule has 1 aromatic heterocycles. The molecule has 5 nitrogen and oxygen atoms in total. The number of anilines is 1. The quantitative estimate of drug-likeness (QED) is 0.564. The van der Waals surface area contributed by atoms with Crippen molar-refractivity contribution in [3.05, 3.63) is 72.2 Å². The Morgan fingerprint density at radius 3 is 2.31 bits per heavy atom. The Labute approximate surface area is 172 Å². The SMILES string of the molecule is COc1ccc(N2C(=O)C(C)(C)[C@H]2c2occc2S(=O)c2ccc(C)cc2)cc1. The molecule has 6 heteroatoms. The number of hydrogen-bond donors (Lipinski definition) is 0. The third-order valence-corrected chi connectivity index (χ3v) is 6.84. The number of rotatable bonds is 5. The summed E-state index contributed by atoms with van der Waals surface area (Å²) in [5, 5.41) is 0. The number of β-lactam (4-membered cyclic amide) rings is 1. The zero-order chi connectivity index (χ0) is 20.8. The Balaban J connectivity index is 1.73. The van der Waals surface area contributed by atoms with Crippen molar-refractivity contribution in [2.24, 2.45) is 5.41 Å². The highest BCUT2D eigenvalue weighted by atomic mass is 32.2. The van der Waals surface area contributed by atoms with Crippen LogP contribution in [0.25, 0.3) is 0 Å². The molecule has 0 radical (unpaired) electrons. The van der Waals surface area contributed by atoms with Crippen LogP contribution >= 0.6 is 0 Å². The normalized spacial score (nSPS) is 19.0. The van der Waals surface area contributed by atoms with E-state index in [2.05, 4.69) is 0 Å². The molecule has 0 spiro atoms. The van der Waals surface area contributed by atoms with Gasteiger partial charge in [-0.2, -0.15) is 0 Å². The Morgan fingerprint density at radius 2 is 1.69 bits per heavy atom. The number of carbonyl (C=O) groups is 1. The van der Waals surface area contributed by atoms with E-state index in [1.807, 2.05) is 69.3 Å². The second-order valence-corrected chi connectivity index (χ2v) is 9.18. The van der Waals surface area contributed by atoms with Gasteiger partial charge in [0.05, 0.1) is 34.5 Å². The van der Waals surface area contributed by atoms with E-state index in [1.165, 1.54) is 0 Å². The molecule has 1 fully saturated rings. The van der Waals surface area contributed by atoms with Gasteiger partial charge < -0.3 is 14.1 Å². The number of furan rings is 1. The summed E-state index contributed by atoms with van der Waals surface area (Å²) in [5.41, 5.74) is 1.20. The minimum absolute atomic E-state index is 0.00358. The summed E-state index contributed by atoms with van der Waals surface area (Å²) in [7, 11) is 0.206. The van der Waals surface area contributed by atoms with Crippen molar-refractivity contribution in [1.82, 2.24) is 0 Å². The first-order chi connectivity index (χ1) is 13.8. The first-order valence-corrected chi connectivity index (χ1v) is 10.5. The van der Waals surface area contributed by atoms with E-state index in [0.717, 1.165) is 17.0 Å². The molecule has 2 aromatic carbocycles. The molecule has 2 atom stereocenters. The maximum Gasteiger partial charge on any atom is 0.235 e. The average Bonchev–Trinajstić information content (AvgIpc) is 3.20. The van der Waals surface area contributed by atoms with Crippen molar-refractivity contribution in [3.63, 3.8) is 0 Å². The van der Waals surface area contributed by atoms with Crippen molar-refractivity contribution in [2.45, 2.75) is 36.6 Å². The Bertz CT molecular complexity index is 1070. The second kappa shape index (κ2) is 7.19. The lowest BCUT2D eigenvalue weighted by atomic mass is 9.72. The summed E-state index contributed by atoms with van der Waals surface area (Å²) >= 11 is 0. The van der Waals surface area contributed by atoms with Gasteiger partial charge in [-0.05, 0) is 63.2 Å². The van der Waals surface area contributed by atoms with Crippen LogP contribution < -0.4 is 9.64 Å². The molecule has 1 unspecified atom stereocenters. The third kappa shape index (κ3) is 3.17. The number of aryl methyl sites for hydroxylation is 1. The lowest BCUT2D eigenvalue weighted by molar-refractivity contribution is -0.138. The summed E-state index contributed by atoms with van der Waals surface area (Å²) in [6.45, 7) is 5.77. The van der Waals surface area contributed by atoms with Crippen LogP contribution in [-0.4, -0.2) is 17.2 Å². The molecule has 3 aromatic rings. The smallest absolute Gasteiger partial charge is 0.235 e. The summed E-state index contributed by atoms with van der Waals surface area (Å²) in [6, 6.07) is 16.3. The summed E-state index contributed by atoms with van der Waals surface area (Å²) in [4.78, 5) is 15.9. The van der Waals surface area contributed by atoms with Crippen molar-refractivity contribution >= 4 is 22.4 Å². The zero-order valence-electron chi connectivity index (χ0n) is 16.8. The highest BCUT2D eigenvalue weighted by Crippen LogP contribution is 2.53. The van der Waals surface area contributed by atoms with E-state index < -0.39 is 16.2 Å². The number of nitrogens with zero attached hydrogens (tertiary/aromatic N) is 1. The van der Waals surface area contributed by atoms with Crippen LogP contribution in [0.5, 0.6) is 5.75 Å². The standard InChI is InChI=1S/C23H23NO4S/c1-15-5-11-18(12-6-15)29(26)19-13-14-28-20(19)21-23(2,3)22(25)24(21)16-7-9-17(27-4)10-8-16/h5-14,21H,1-4H3/t21-,29?/m1/s1. The van der Waals surface area contributed by atoms with E-state index in [1.54, 1.807) is 24.3 Å². The predicted molar refractivity (Wildman–Crippen MR) is 112 cm³/mol. The average molecular weight is 410 g/mol. The van der Waals surface area contributed by atoms with Crippen molar-refractivity contribution in [3.8, 4) is 5.75 Å². The minimum atomic E-state index is -1.40. The molecule has 0 aliphatic carbocycles. The largest absolute Gasteiger partial charge is 0.497 e. The monoisotopic (exact) mass is 409 g/mol. The van der Waals surface area contributed by atoms with Gasteiger partial charge in [-0.25, -0.2) is 4.21 Å². The molecule has 0 bridgehead atoms. The van der Waals surface area contributed by atoms with Crippen LogP contribution in [-0.2, 0) is 15.6 Å². The Morgan fingerprint density at radius 1 is 1.03 bits per heavy atom. The van der Waals surface area contributed by atoms with E-state index in [-0.39, 0.29) is 11.9 Å². The van der Waals surface area contributed by atoms with Crippen molar-refractivity contribution in [2.75, 3.05) is 12.0 Å². The number of benzene rings is 2. The summed E-state index contributed by atoms with van der Waals surface area (Å²) < 4.78 is 24.3. The highest BCUT2D eigenvalue weighted by Gasteiger charge is 2.57. The number of carbonyl (C=O) groups excluding carboxylic acids is 1. The van der Waals surface area contributed by atoms with Crippen LogP contribution in [0.2, 0.25) is 0 Å². The molecule has 1 aliphatic heterocycles. The fraction of sp³-hybridized carbons (Fsp3) is 0.261. The fourth-order valence-corrected chi connectivity index (χ4v) is 4.86. The highest BCUT2D eigenvalue weighted by molar-refractivity contribution is 7.85. The van der Waals surface area contributed by atoms with E-state index in [4.69, 9.17) is 9.15 Å². The second-order valence-electron chi connectivity index (χ2n) is 7.73. The van der Waals surface area contributed by atoms with Crippen molar-refractivity contribution in [1.29, 1.82) is 0 Å². The number of hydrogen-bond acceptors (Lipinski definition) is 4. The predicted octanol–water partition coefficient (Wildman–Crippen LogP) is 4.88. The number of ether oxygens (including phenoxy) is 1. The maximum absolute atomic E-state index is 13.2. The molecule has 150 valence electrons. The summed E-state index contributed by atoms with van der Waals surface area (Å²) in [6.07, 6.45) is 1.54. The molecular formula is C23H23NO4S. The maximum atomic E-state index is 13.2. The van der Waals surface area contributed by atoms with Crippen LogP contribution in [0.15, 0.2) is 75.1 Å². The zero-order valence-corrected chi connectivity index (χ0v) is 17.7.